The van der Waals surface area contributed by atoms with Crippen LogP contribution in [-0.2, 0) is 14.8 Å². The van der Waals surface area contributed by atoms with Crippen LogP contribution in [-0.4, -0.2) is 65.7 Å². The van der Waals surface area contributed by atoms with Gasteiger partial charge in [0.1, 0.15) is 0 Å². The van der Waals surface area contributed by atoms with Crippen molar-refractivity contribution in [2.75, 3.05) is 45.3 Å². The first-order chi connectivity index (χ1) is 15.2. The Morgan fingerprint density at radius 1 is 1.00 bits per heavy atom. The molecule has 0 radical (unpaired) electrons. The van der Waals surface area contributed by atoms with Gasteiger partial charge >= 0.3 is 0 Å². The number of amides is 1. The first-order valence-electron chi connectivity index (χ1n) is 10.5. The molecule has 0 unspecified atom stereocenters. The molecule has 1 heterocycles. The zero-order chi connectivity index (χ0) is 23.5. The molecule has 174 valence electrons. The molecule has 9 heteroatoms. The molecule has 1 aliphatic rings. The van der Waals surface area contributed by atoms with Crippen LogP contribution in [0.4, 0.5) is 5.69 Å². The maximum atomic E-state index is 12.9. The minimum absolute atomic E-state index is 0.00884. The summed E-state index contributed by atoms with van der Waals surface area (Å²) in [6.07, 6.45) is 0. The Hall–Kier alpha value is -2.78. The molecule has 2 aromatic rings. The molecule has 8 nitrogen and oxygen atoms in total. The molecule has 1 atom stereocenters. The summed E-state index contributed by atoms with van der Waals surface area (Å²) in [5.41, 5.74) is 3.65. The number of hydrogen-bond donors (Lipinski definition) is 1. The second-order valence-corrected chi connectivity index (χ2v) is 9.61. The average Bonchev–Trinajstić information content (AvgIpc) is 2.79. The summed E-state index contributed by atoms with van der Waals surface area (Å²) in [5.74, 6) is 0.490. The normalized spacial score (nSPS) is 15.4. The van der Waals surface area contributed by atoms with E-state index in [9.17, 15) is 13.2 Å². The molecular weight excluding hydrogens is 430 g/mol. The second-order valence-electron chi connectivity index (χ2n) is 7.89. The van der Waals surface area contributed by atoms with E-state index in [4.69, 9.17) is 9.47 Å². The largest absolute Gasteiger partial charge is 0.493 e. The topological polar surface area (TPSA) is 88.2 Å². The van der Waals surface area contributed by atoms with E-state index in [0.717, 1.165) is 0 Å². The molecule has 1 amide bonds. The van der Waals surface area contributed by atoms with E-state index in [0.29, 0.717) is 37.7 Å². The van der Waals surface area contributed by atoms with E-state index in [1.165, 1.54) is 49.2 Å². The molecule has 0 aromatic heterocycles. The highest BCUT2D eigenvalue weighted by Gasteiger charge is 2.29. The third-order valence-electron chi connectivity index (χ3n) is 5.88. The summed E-state index contributed by atoms with van der Waals surface area (Å²) in [6, 6.07) is 9.66. The molecule has 2 aromatic carbocycles. The van der Waals surface area contributed by atoms with Crippen LogP contribution in [0.3, 0.4) is 0 Å². The zero-order valence-electron chi connectivity index (χ0n) is 19.2. The van der Waals surface area contributed by atoms with Gasteiger partial charge in [0.25, 0.3) is 0 Å². The van der Waals surface area contributed by atoms with E-state index in [1.807, 2.05) is 6.07 Å². The molecule has 1 N–H and O–H groups in total. The standard InChI is InChI=1S/C23H31N3O5S/c1-16-7-6-8-20(17(16)2)25-11-13-26(14-12-25)23(27)18(3)24-32(28,29)19-9-10-21(30-4)22(15-19)31-5/h6-10,15,18,24H,11-14H2,1-5H3/t18-/m0/s1. The highest BCUT2D eigenvalue weighted by molar-refractivity contribution is 7.89. The molecule has 0 spiro atoms. The Labute approximate surface area is 190 Å². The predicted octanol–water partition coefficient (Wildman–Crippen LogP) is 2.34. The van der Waals surface area contributed by atoms with Crippen LogP contribution in [0.25, 0.3) is 0 Å². The Morgan fingerprint density at radius 2 is 1.66 bits per heavy atom. The van der Waals surface area contributed by atoms with E-state index in [1.54, 1.807) is 11.8 Å². The van der Waals surface area contributed by atoms with Crippen LogP contribution < -0.4 is 19.1 Å². The number of hydrogen-bond acceptors (Lipinski definition) is 6. The Balaban J connectivity index is 1.64. The van der Waals surface area contributed by atoms with Gasteiger partial charge in [-0.05, 0) is 50.1 Å². The number of benzene rings is 2. The van der Waals surface area contributed by atoms with Gasteiger partial charge in [-0.1, -0.05) is 12.1 Å². The maximum Gasteiger partial charge on any atom is 0.241 e. The van der Waals surface area contributed by atoms with Gasteiger partial charge in [-0.15, -0.1) is 0 Å². The summed E-state index contributed by atoms with van der Waals surface area (Å²) in [6.45, 7) is 8.23. The fraction of sp³-hybridized carbons (Fsp3) is 0.435. The van der Waals surface area contributed by atoms with Crippen LogP contribution in [0.1, 0.15) is 18.1 Å². The zero-order valence-corrected chi connectivity index (χ0v) is 20.0. The van der Waals surface area contributed by atoms with Crippen molar-refractivity contribution in [3.8, 4) is 11.5 Å². The Morgan fingerprint density at radius 3 is 2.28 bits per heavy atom. The Bertz CT molecular complexity index is 1080. The number of ether oxygens (including phenoxy) is 2. The maximum absolute atomic E-state index is 12.9. The van der Waals surface area contributed by atoms with Crippen molar-refractivity contribution in [1.29, 1.82) is 0 Å². The second kappa shape index (κ2) is 9.79. The fourth-order valence-corrected chi connectivity index (χ4v) is 5.07. The SMILES string of the molecule is COc1ccc(S(=O)(=O)N[C@@H](C)C(=O)N2CCN(c3cccc(C)c3C)CC2)cc1OC. The van der Waals surface area contributed by atoms with Gasteiger partial charge in [0.2, 0.25) is 15.9 Å². The smallest absolute Gasteiger partial charge is 0.241 e. The van der Waals surface area contributed by atoms with Gasteiger partial charge in [-0.2, -0.15) is 4.72 Å². The van der Waals surface area contributed by atoms with Crippen molar-refractivity contribution in [2.24, 2.45) is 0 Å². The number of nitrogens with zero attached hydrogens (tertiary/aromatic N) is 2. The molecule has 1 fully saturated rings. The number of carbonyl (C=O) groups is 1. The minimum atomic E-state index is -3.91. The Kier molecular flexibility index (Phi) is 7.30. The monoisotopic (exact) mass is 461 g/mol. The molecule has 1 saturated heterocycles. The lowest BCUT2D eigenvalue weighted by molar-refractivity contribution is -0.132. The van der Waals surface area contributed by atoms with E-state index < -0.39 is 16.1 Å². The average molecular weight is 462 g/mol. The predicted molar refractivity (Wildman–Crippen MR) is 124 cm³/mol. The summed E-state index contributed by atoms with van der Waals surface area (Å²) >= 11 is 0. The van der Waals surface area contributed by atoms with Crippen molar-refractivity contribution in [3.05, 3.63) is 47.5 Å². The van der Waals surface area contributed by atoms with Crippen LogP contribution in [0.15, 0.2) is 41.3 Å². The lowest BCUT2D eigenvalue weighted by Gasteiger charge is -2.38. The molecule has 0 saturated carbocycles. The molecular formula is C23H31N3O5S. The van der Waals surface area contributed by atoms with Crippen molar-refractivity contribution in [2.45, 2.75) is 31.7 Å². The van der Waals surface area contributed by atoms with Crippen LogP contribution >= 0.6 is 0 Å². The number of aryl methyl sites for hydroxylation is 1. The number of anilines is 1. The van der Waals surface area contributed by atoms with Crippen molar-refractivity contribution in [3.63, 3.8) is 0 Å². The van der Waals surface area contributed by atoms with Gasteiger partial charge < -0.3 is 19.3 Å². The summed E-state index contributed by atoms with van der Waals surface area (Å²) in [7, 11) is -0.995. The highest BCUT2D eigenvalue weighted by Crippen LogP contribution is 2.29. The number of sulfonamides is 1. The molecule has 0 aliphatic carbocycles. The minimum Gasteiger partial charge on any atom is -0.493 e. The molecule has 32 heavy (non-hydrogen) atoms. The van der Waals surface area contributed by atoms with Crippen LogP contribution in [0.2, 0.25) is 0 Å². The van der Waals surface area contributed by atoms with E-state index in [-0.39, 0.29) is 10.8 Å². The summed E-state index contributed by atoms with van der Waals surface area (Å²) < 4.78 is 38.5. The molecule has 0 bridgehead atoms. The van der Waals surface area contributed by atoms with Crippen LogP contribution in [0.5, 0.6) is 11.5 Å². The van der Waals surface area contributed by atoms with Crippen LogP contribution in [0, 0.1) is 13.8 Å². The van der Waals surface area contributed by atoms with Gasteiger partial charge in [0.15, 0.2) is 11.5 Å². The van der Waals surface area contributed by atoms with Gasteiger partial charge in [-0.25, -0.2) is 8.42 Å². The number of rotatable bonds is 7. The number of methoxy groups -OCH3 is 2. The first kappa shape index (κ1) is 23.9. The van der Waals surface area contributed by atoms with Gasteiger partial charge in [0.05, 0.1) is 25.2 Å². The quantitative estimate of drug-likeness (QED) is 0.681. The van der Waals surface area contributed by atoms with Gasteiger partial charge in [0, 0.05) is 37.9 Å². The van der Waals surface area contributed by atoms with Gasteiger partial charge in [-0.3, -0.25) is 4.79 Å². The highest BCUT2D eigenvalue weighted by atomic mass is 32.2. The fourth-order valence-electron chi connectivity index (χ4n) is 3.85. The van der Waals surface area contributed by atoms with Crippen molar-refractivity contribution < 1.29 is 22.7 Å². The van der Waals surface area contributed by atoms with Crippen molar-refractivity contribution >= 4 is 21.6 Å². The lowest BCUT2D eigenvalue weighted by atomic mass is 10.1. The number of piperazine rings is 1. The van der Waals surface area contributed by atoms with E-state index in [2.05, 4.69) is 35.6 Å². The number of carbonyl (C=O) groups excluding carboxylic acids is 1. The molecule has 3 rings (SSSR count). The lowest BCUT2D eigenvalue weighted by Crippen LogP contribution is -2.54. The van der Waals surface area contributed by atoms with Crippen molar-refractivity contribution in [1.82, 2.24) is 9.62 Å². The number of nitrogens with one attached hydrogen (secondary N) is 1. The molecule has 1 aliphatic heterocycles. The van der Waals surface area contributed by atoms with E-state index >= 15 is 0 Å². The third-order valence-corrected chi connectivity index (χ3v) is 7.41. The summed E-state index contributed by atoms with van der Waals surface area (Å²) in [4.78, 5) is 16.9. The third kappa shape index (κ3) is 4.99. The summed E-state index contributed by atoms with van der Waals surface area (Å²) in [5, 5.41) is 0. The first-order valence-corrected chi connectivity index (χ1v) is 12.0.